The zero-order valence-electron chi connectivity index (χ0n) is 37.6. The molecular weight excluding hydrogens is 789 g/mol. The lowest BCUT2D eigenvalue weighted by Gasteiger charge is -2.44. The van der Waals surface area contributed by atoms with Gasteiger partial charge in [0, 0.05) is 45.4 Å². The van der Waals surface area contributed by atoms with Crippen LogP contribution in [0.4, 0.5) is 8.78 Å². The highest BCUT2D eigenvalue weighted by Crippen LogP contribution is 2.30. The van der Waals surface area contributed by atoms with Crippen LogP contribution in [0.15, 0.2) is 103 Å². The Bertz CT molecular complexity index is 2310. The third kappa shape index (κ3) is 12.3. The molecule has 2 aromatic heterocycles. The number of aliphatic hydroxyl groups is 1. The number of aromatic nitrogens is 3. The van der Waals surface area contributed by atoms with Crippen LogP contribution >= 0.6 is 0 Å². The van der Waals surface area contributed by atoms with Gasteiger partial charge in [0.2, 0.25) is 5.91 Å². The van der Waals surface area contributed by atoms with Crippen LogP contribution in [-0.4, -0.2) is 79.7 Å². The summed E-state index contributed by atoms with van der Waals surface area (Å²) in [6.07, 6.45) is 6.31. The topological polar surface area (TPSA) is 118 Å². The minimum atomic E-state index is -1.43. The van der Waals surface area contributed by atoms with E-state index in [0.29, 0.717) is 72.6 Å². The molecule has 0 bridgehead atoms. The Morgan fingerprint density at radius 1 is 0.935 bits per heavy atom. The van der Waals surface area contributed by atoms with Gasteiger partial charge in [0.25, 0.3) is 5.56 Å². The molecule has 3 heterocycles. The van der Waals surface area contributed by atoms with E-state index < -0.39 is 16.8 Å². The lowest BCUT2D eigenvalue weighted by molar-refractivity contribution is -0.157. The van der Waals surface area contributed by atoms with E-state index in [2.05, 4.69) is 28.4 Å². The SMILES string of the molecule is C=CCC.CCOC(=O)C(C)(C)N1CCC(N(Cc2ccc(-c3ccc(C(C)(C)F)cc3)cc2)C(=O)Cn2c(CCc3cccc(C)c3F)nc(=O)c3cccnc32)CC1.CO. The average Bonchev–Trinajstić information content (AvgIpc) is 3.28. The van der Waals surface area contributed by atoms with Gasteiger partial charge in [-0.3, -0.25) is 19.3 Å². The molecular formula is C50H63F2N5O5. The molecule has 0 radical (unpaired) electrons. The zero-order valence-corrected chi connectivity index (χ0v) is 37.6. The minimum Gasteiger partial charge on any atom is -0.465 e. The number of ether oxygens (including phenoxy) is 1. The summed E-state index contributed by atoms with van der Waals surface area (Å²) in [5.74, 6) is -0.403. The van der Waals surface area contributed by atoms with Gasteiger partial charge in [-0.15, -0.1) is 6.58 Å². The molecule has 0 aliphatic carbocycles. The molecule has 3 aromatic carbocycles. The third-order valence-electron chi connectivity index (χ3n) is 11.3. The Hall–Kier alpha value is -5.59. The fourth-order valence-corrected chi connectivity index (χ4v) is 7.52. The Balaban J connectivity index is 0.00000133. The van der Waals surface area contributed by atoms with Gasteiger partial charge in [-0.05, 0) is 113 Å². The first-order valence-corrected chi connectivity index (χ1v) is 21.3. The number of pyridine rings is 1. The quantitative estimate of drug-likeness (QED) is 0.0870. The van der Waals surface area contributed by atoms with Crippen LogP contribution in [0.3, 0.4) is 0 Å². The molecule has 1 aliphatic rings. The van der Waals surface area contributed by atoms with E-state index in [0.717, 1.165) is 30.2 Å². The van der Waals surface area contributed by atoms with Gasteiger partial charge >= 0.3 is 5.97 Å². The number of carbonyl (C=O) groups excluding carboxylic acids is 2. The number of piperidine rings is 1. The lowest BCUT2D eigenvalue weighted by atomic mass is 9.95. The summed E-state index contributed by atoms with van der Waals surface area (Å²) in [5.41, 5.74) is 2.13. The molecule has 0 saturated carbocycles. The number of hydrogen-bond donors (Lipinski definition) is 1. The van der Waals surface area contributed by atoms with Crippen LogP contribution in [0.2, 0.25) is 0 Å². The van der Waals surface area contributed by atoms with Crippen molar-refractivity contribution in [1.82, 2.24) is 24.3 Å². The van der Waals surface area contributed by atoms with E-state index in [9.17, 15) is 18.8 Å². The molecule has 0 spiro atoms. The number of likely N-dealkylation sites (tertiary alicyclic amines) is 1. The average molecular weight is 852 g/mol. The number of aryl methyl sites for hydroxylation is 3. The summed E-state index contributed by atoms with van der Waals surface area (Å²) >= 11 is 0. The third-order valence-corrected chi connectivity index (χ3v) is 11.3. The van der Waals surface area contributed by atoms with Crippen molar-refractivity contribution in [3.8, 4) is 11.1 Å². The van der Waals surface area contributed by atoms with Crippen LogP contribution in [-0.2, 0) is 45.9 Å². The molecule has 5 aromatic rings. The van der Waals surface area contributed by atoms with Crippen LogP contribution in [0, 0.1) is 12.7 Å². The fraction of sp³-hybridized carbons (Fsp3) is 0.420. The number of rotatable bonds is 14. The summed E-state index contributed by atoms with van der Waals surface area (Å²) in [6, 6.07) is 23.8. The maximum absolute atomic E-state index is 15.0. The standard InChI is InChI=1S/C45H51F2N5O4.C4H8.CH4O/c1-7-56-43(55)45(5,6)50-26-23-36(24-27-50)51(28-31-13-15-32(16-14-31)33-17-20-35(21-18-33)44(3,4)47)39(53)29-52-38(22-19-34-11-8-10-30(2)40(34)46)49-42(54)37-12-9-25-48-41(37)52;1-3-4-2;1-2/h8-18,20-21,25,36H,7,19,22-24,26-29H2,1-6H3;3H,1,4H2,2H3;2H,1H3. The van der Waals surface area contributed by atoms with Gasteiger partial charge in [-0.2, -0.15) is 4.98 Å². The van der Waals surface area contributed by atoms with E-state index in [1.807, 2.05) is 61.2 Å². The predicted octanol–water partition coefficient (Wildman–Crippen LogP) is 8.92. The molecule has 12 heteroatoms. The predicted molar refractivity (Wildman–Crippen MR) is 243 cm³/mol. The number of allylic oxidation sites excluding steroid dienone is 1. The first-order valence-electron chi connectivity index (χ1n) is 21.3. The second-order valence-electron chi connectivity index (χ2n) is 16.3. The van der Waals surface area contributed by atoms with Crippen LogP contribution < -0.4 is 5.56 Å². The molecule has 1 saturated heterocycles. The number of hydrogen-bond acceptors (Lipinski definition) is 8. The number of aliphatic hydroxyl groups excluding tert-OH is 1. The number of esters is 1. The van der Waals surface area contributed by atoms with Gasteiger partial charge in [0.05, 0.1) is 12.0 Å². The van der Waals surface area contributed by atoms with E-state index in [1.54, 1.807) is 67.1 Å². The van der Waals surface area contributed by atoms with Crippen LogP contribution in [0.1, 0.15) is 88.9 Å². The van der Waals surface area contributed by atoms with Gasteiger partial charge < -0.3 is 19.3 Å². The van der Waals surface area contributed by atoms with Crippen molar-refractivity contribution in [2.75, 3.05) is 26.8 Å². The molecule has 10 nitrogen and oxygen atoms in total. The van der Waals surface area contributed by atoms with Crippen molar-refractivity contribution in [3.63, 3.8) is 0 Å². The Morgan fingerprint density at radius 2 is 1.55 bits per heavy atom. The first-order chi connectivity index (χ1) is 29.6. The Morgan fingerprint density at radius 3 is 2.13 bits per heavy atom. The second-order valence-corrected chi connectivity index (χ2v) is 16.3. The molecule has 1 N–H and O–H groups in total. The fourth-order valence-electron chi connectivity index (χ4n) is 7.52. The van der Waals surface area contributed by atoms with Crippen molar-refractivity contribution >= 4 is 22.9 Å². The number of carbonyl (C=O) groups is 2. The molecule has 1 aliphatic heterocycles. The smallest absolute Gasteiger partial charge is 0.325 e. The Labute approximate surface area is 365 Å². The molecule has 62 heavy (non-hydrogen) atoms. The van der Waals surface area contributed by atoms with Crippen molar-refractivity contribution in [1.29, 1.82) is 0 Å². The van der Waals surface area contributed by atoms with Crippen molar-refractivity contribution in [2.45, 2.75) is 111 Å². The maximum atomic E-state index is 15.0. The second kappa shape index (κ2) is 22.5. The summed E-state index contributed by atoms with van der Waals surface area (Å²) in [6.45, 7) is 17.5. The van der Waals surface area contributed by atoms with E-state index in [1.165, 1.54) is 13.8 Å². The number of benzene rings is 3. The van der Waals surface area contributed by atoms with Gasteiger partial charge in [-0.1, -0.05) is 79.7 Å². The number of nitrogens with zero attached hydrogens (tertiary/aromatic N) is 5. The maximum Gasteiger partial charge on any atom is 0.325 e. The summed E-state index contributed by atoms with van der Waals surface area (Å²) in [4.78, 5) is 53.7. The summed E-state index contributed by atoms with van der Waals surface area (Å²) in [7, 11) is 1.00. The molecule has 6 rings (SSSR count). The lowest BCUT2D eigenvalue weighted by Crippen LogP contribution is -2.56. The van der Waals surface area contributed by atoms with Crippen molar-refractivity contribution in [3.05, 3.63) is 142 Å². The van der Waals surface area contributed by atoms with E-state index >= 15 is 4.39 Å². The van der Waals surface area contributed by atoms with Gasteiger partial charge in [-0.25, -0.2) is 13.8 Å². The molecule has 0 unspecified atom stereocenters. The van der Waals surface area contributed by atoms with E-state index in [4.69, 9.17) is 9.84 Å². The Kier molecular flexibility index (Phi) is 17.8. The molecule has 1 amide bonds. The highest BCUT2D eigenvalue weighted by atomic mass is 19.1. The van der Waals surface area contributed by atoms with Gasteiger partial charge in [0.15, 0.2) is 0 Å². The molecule has 1 fully saturated rings. The summed E-state index contributed by atoms with van der Waals surface area (Å²) in [5, 5.41) is 7.30. The van der Waals surface area contributed by atoms with Gasteiger partial charge in [0.1, 0.15) is 35.0 Å². The number of amides is 1. The van der Waals surface area contributed by atoms with Crippen LogP contribution in [0.25, 0.3) is 22.2 Å². The van der Waals surface area contributed by atoms with E-state index in [-0.39, 0.29) is 43.1 Å². The number of fused-ring (bicyclic) bond motifs is 1. The first kappa shape index (κ1) is 49.1. The zero-order chi connectivity index (χ0) is 45.6. The molecule has 0 atom stereocenters. The van der Waals surface area contributed by atoms with Crippen molar-refractivity contribution < 1.29 is 28.2 Å². The monoisotopic (exact) mass is 851 g/mol. The highest BCUT2D eigenvalue weighted by molar-refractivity contribution is 5.81. The summed E-state index contributed by atoms with van der Waals surface area (Å²) < 4.78 is 36.6. The number of halogens is 2. The number of alkyl halides is 1. The minimum absolute atomic E-state index is 0.129. The molecule has 332 valence electrons. The largest absolute Gasteiger partial charge is 0.465 e. The van der Waals surface area contributed by atoms with Crippen LogP contribution in [0.5, 0.6) is 0 Å². The highest BCUT2D eigenvalue weighted by Gasteiger charge is 2.39. The normalized spacial score (nSPS) is 13.3. The van der Waals surface area contributed by atoms with Crippen molar-refractivity contribution in [2.24, 2.45) is 0 Å².